The Morgan fingerprint density at radius 2 is 1.88 bits per heavy atom. The van der Waals surface area contributed by atoms with Gasteiger partial charge in [0, 0.05) is 6.42 Å². The first-order valence-electron chi connectivity index (χ1n) is 8.53. The van der Waals surface area contributed by atoms with Crippen LogP contribution < -0.4 is 0 Å². The molecule has 1 N–H and O–H groups in total. The Morgan fingerprint density at radius 3 is 2.46 bits per heavy atom. The van der Waals surface area contributed by atoms with Crippen molar-refractivity contribution in [3.05, 3.63) is 35.9 Å². The molecule has 1 aromatic rings. The maximum Gasteiger partial charge on any atom is 0.356 e. The molecule has 8 nitrogen and oxygen atoms in total. The van der Waals surface area contributed by atoms with Crippen LogP contribution in [0, 0.1) is 0 Å². The highest BCUT2D eigenvalue weighted by Crippen LogP contribution is 2.48. The summed E-state index contributed by atoms with van der Waals surface area (Å²) in [5, 5.41) is 9.46. The van der Waals surface area contributed by atoms with E-state index in [-0.39, 0.29) is 32.6 Å². The first-order valence-corrected chi connectivity index (χ1v) is 10.3. The van der Waals surface area contributed by atoms with Crippen LogP contribution in [0.2, 0.25) is 0 Å². The lowest BCUT2D eigenvalue weighted by Gasteiger charge is -2.19. The lowest BCUT2D eigenvalue weighted by atomic mass is 10.2. The van der Waals surface area contributed by atoms with Crippen LogP contribution in [-0.2, 0) is 27.8 Å². The topological polar surface area (TPSA) is 101 Å². The van der Waals surface area contributed by atoms with Crippen LogP contribution in [0.4, 0.5) is 0 Å². The molecule has 0 spiro atoms. The summed E-state index contributed by atoms with van der Waals surface area (Å²) in [6.45, 7) is 3.53. The van der Waals surface area contributed by atoms with E-state index in [2.05, 4.69) is 0 Å². The molecule has 0 aromatic heterocycles. The van der Waals surface area contributed by atoms with Gasteiger partial charge >= 0.3 is 13.6 Å². The van der Waals surface area contributed by atoms with E-state index in [9.17, 15) is 14.5 Å². The van der Waals surface area contributed by atoms with E-state index >= 15 is 0 Å². The second-order valence-corrected chi connectivity index (χ2v) is 7.57. The van der Waals surface area contributed by atoms with Gasteiger partial charge in [0.15, 0.2) is 12.6 Å². The zero-order chi connectivity index (χ0) is 19.0. The second kappa shape index (κ2) is 10.2. The fourth-order valence-electron chi connectivity index (χ4n) is 2.53. The molecule has 9 heteroatoms. The van der Waals surface area contributed by atoms with Gasteiger partial charge in [-0.1, -0.05) is 18.2 Å². The number of rotatable bonds is 10. The molecule has 1 saturated heterocycles. The molecule has 146 valence electrons. The van der Waals surface area contributed by atoms with Crippen molar-refractivity contribution >= 4 is 13.6 Å². The summed E-state index contributed by atoms with van der Waals surface area (Å²) >= 11 is 0. The molecule has 1 fully saturated rings. The minimum Gasteiger partial charge on any atom is -0.456 e. The van der Waals surface area contributed by atoms with Crippen molar-refractivity contribution in [1.82, 2.24) is 0 Å². The summed E-state index contributed by atoms with van der Waals surface area (Å²) in [6, 6.07) is 8.54. The average molecular weight is 388 g/mol. The summed E-state index contributed by atoms with van der Waals surface area (Å²) in [6.07, 6.45) is -2.24. The van der Waals surface area contributed by atoms with Gasteiger partial charge in [-0.2, -0.15) is 0 Å². The molecule has 3 atom stereocenters. The van der Waals surface area contributed by atoms with Gasteiger partial charge in [-0.3, -0.25) is 4.57 Å². The molecule has 0 bridgehead atoms. The van der Waals surface area contributed by atoms with Crippen LogP contribution in [0.1, 0.15) is 30.6 Å². The molecule has 1 aliphatic rings. The Kier molecular flexibility index (Phi) is 8.21. The van der Waals surface area contributed by atoms with Gasteiger partial charge in [0.05, 0.1) is 25.4 Å². The standard InChI is InChI=1S/C17H25O8P/c1-3-22-26(20,23-4-2)12-21-16-10-14(15(11-18)24-16)25-17(19)13-8-6-5-7-9-13/h5-9,14-16,18H,3-4,10-12H2,1-2H3/t14-,15-,16-/m0/s1. The van der Waals surface area contributed by atoms with E-state index < -0.39 is 32.1 Å². The maximum absolute atomic E-state index is 12.4. The lowest BCUT2D eigenvalue weighted by molar-refractivity contribution is -0.135. The van der Waals surface area contributed by atoms with E-state index in [0.717, 1.165) is 0 Å². The molecule has 0 aliphatic carbocycles. The second-order valence-electron chi connectivity index (χ2n) is 5.57. The molecular weight excluding hydrogens is 363 g/mol. The summed E-state index contributed by atoms with van der Waals surface area (Å²) in [5.41, 5.74) is 0.408. The largest absolute Gasteiger partial charge is 0.456 e. The first kappa shape index (κ1) is 21.0. The van der Waals surface area contributed by atoms with Crippen molar-refractivity contribution in [2.45, 2.75) is 38.8 Å². The van der Waals surface area contributed by atoms with Crippen LogP contribution in [0.5, 0.6) is 0 Å². The molecule has 26 heavy (non-hydrogen) atoms. The third-order valence-electron chi connectivity index (χ3n) is 3.68. The quantitative estimate of drug-likeness (QED) is 0.482. The summed E-state index contributed by atoms with van der Waals surface area (Å²) in [5.74, 6) is -0.507. The fourth-order valence-corrected chi connectivity index (χ4v) is 3.89. The first-order chi connectivity index (χ1) is 12.5. The average Bonchev–Trinajstić information content (AvgIpc) is 3.03. The summed E-state index contributed by atoms with van der Waals surface area (Å²) in [7, 11) is -3.37. The normalized spacial score (nSPS) is 23.1. The Labute approximate surface area is 152 Å². The zero-order valence-corrected chi connectivity index (χ0v) is 15.8. The highest BCUT2D eigenvalue weighted by molar-refractivity contribution is 7.53. The Bertz CT molecular complexity index is 598. The van der Waals surface area contributed by atoms with Crippen LogP contribution in [0.15, 0.2) is 30.3 Å². The monoisotopic (exact) mass is 388 g/mol. The smallest absolute Gasteiger partial charge is 0.356 e. The van der Waals surface area contributed by atoms with Crippen molar-refractivity contribution in [2.24, 2.45) is 0 Å². The predicted octanol–water partition coefficient (Wildman–Crippen LogP) is 2.56. The van der Waals surface area contributed by atoms with E-state index in [4.69, 9.17) is 23.3 Å². The number of aliphatic hydroxyl groups excluding tert-OH is 1. The summed E-state index contributed by atoms with van der Waals surface area (Å²) in [4.78, 5) is 12.2. The van der Waals surface area contributed by atoms with E-state index in [1.54, 1.807) is 44.2 Å². The van der Waals surface area contributed by atoms with E-state index in [1.807, 2.05) is 0 Å². The number of carbonyl (C=O) groups is 1. The van der Waals surface area contributed by atoms with Crippen molar-refractivity contribution in [3.8, 4) is 0 Å². The van der Waals surface area contributed by atoms with Gasteiger partial charge in [-0.05, 0) is 26.0 Å². The van der Waals surface area contributed by atoms with Gasteiger partial charge in [-0.15, -0.1) is 0 Å². The van der Waals surface area contributed by atoms with Crippen molar-refractivity contribution < 1.29 is 37.7 Å². The minimum atomic E-state index is -3.37. The highest BCUT2D eigenvalue weighted by Gasteiger charge is 2.39. The molecule has 1 aromatic carbocycles. The van der Waals surface area contributed by atoms with E-state index in [1.165, 1.54) is 0 Å². The van der Waals surface area contributed by atoms with Gasteiger partial charge in [0.2, 0.25) is 0 Å². The molecule has 1 aliphatic heterocycles. The number of hydrogen-bond donors (Lipinski definition) is 1. The highest BCUT2D eigenvalue weighted by atomic mass is 31.2. The molecule has 2 rings (SSSR count). The number of hydrogen-bond acceptors (Lipinski definition) is 8. The van der Waals surface area contributed by atoms with Crippen LogP contribution in [0.3, 0.4) is 0 Å². The van der Waals surface area contributed by atoms with Crippen molar-refractivity contribution in [1.29, 1.82) is 0 Å². The number of carbonyl (C=O) groups excluding carboxylic acids is 1. The van der Waals surface area contributed by atoms with E-state index in [0.29, 0.717) is 5.56 Å². The number of aliphatic hydroxyl groups is 1. The van der Waals surface area contributed by atoms with Crippen LogP contribution in [0.25, 0.3) is 0 Å². The van der Waals surface area contributed by atoms with Gasteiger partial charge in [0.1, 0.15) is 12.2 Å². The third-order valence-corrected chi connectivity index (χ3v) is 5.45. The Balaban J connectivity index is 1.91. The third kappa shape index (κ3) is 5.87. The van der Waals surface area contributed by atoms with Crippen molar-refractivity contribution in [2.75, 3.05) is 26.2 Å². The minimum absolute atomic E-state index is 0.210. The molecule has 0 saturated carbocycles. The molecule has 0 radical (unpaired) electrons. The lowest BCUT2D eigenvalue weighted by Crippen LogP contribution is -2.30. The number of ether oxygens (including phenoxy) is 3. The van der Waals surface area contributed by atoms with Gasteiger partial charge in [-0.25, -0.2) is 4.79 Å². The predicted molar refractivity (Wildman–Crippen MR) is 92.8 cm³/mol. The molecule has 1 heterocycles. The van der Waals surface area contributed by atoms with Gasteiger partial charge in [0.25, 0.3) is 0 Å². The number of benzene rings is 1. The maximum atomic E-state index is 12.4. The van der Waals surface area contributed by atoms with Crippen molar-refractivity contribution in [3.63, 3.8) is 0 Å². The fraction of sp³-hybridized carbons (Fsp3) is 0.588. The van der Waals surface area contributed by atoms with Crippen LogP contribution in [-0.4, -0.2) is 55.7 Å². The zero-order valence-electron chi connectivity index (χ0n) is 14.9. The molecule has 0 unspecified atom stereocenters. The van der Waals surface area contributed by atoms with Crippen LogP contribution >= 0.6 is 7.60 Å². The molecular formula is C17H25O8P. The molecule has 0 amide bonds. The Hall–Kier alpha value is -1.28. The summed E-state index contributed by atoms with van der Waals surface area (Å²) < 4.78 is 39.1. The SMILES string of the molecule is CCOP(=O)(CO[C@@H]1C[C@H](OC(=O)c2ccccc2)[C@H](CO)O1)OCC. The number of esters is 1. The van der Waals surface area contributed by atoms with Gasteiger partial charge < -0.3 is 28.4 Å². The Morgan fingerprint density at radius 1 is 1.23 bits per heavy atom.